The Morgan fingerprint density at radius 2 is 2.12 bits per heavy atom. The second kappa shape index (κ2) is 3.92. The first kappa shape index (κ1) is 10.6. The van der Waals surface area contributed by atoms with Crippen LogP contribution in [-0.4, -0.2) is 24.4 Å². The van der Waals surface area contributed by atoms with Gasteiger partial charge >= 0.3 is 0 Å². The van der Waals surface area contributed by atoms with E-state index in [1.807, 2.05) is 0 Å². The summed E-state index contributed by atoms with van der Waals surface area (Å²) in [5.41, 5.74) is 0.740. The second-order valence-electron chi connectivity index (χ2n) is 3.76. The molecule has 0 N–H and O–H groups in total. The van der Waals surface area contributed by atoms with Gasteiger partial charge in [0.2, 0.25) is 6.04 Å². The lowest BCUT2D eigenvalue weighted by Crippen LogP contribution is -2.05. The Bertz CT molecular complexity index is 432. The van der Waals surface area contributed by atoms with Gasteiger partial charge in [0.15, 0.2) is 0 Å². The zero-order valence-electron chi connectivity index (χ0n) is 8.70. The fraction of sp³-hybridized carbons (Fsp3) is 0.364. The van der Waals surface area contributed by atoms with Crippen LogP contribution in [0.5, 0.6) is 5.75 Å². The molecule has 0 saturated heterocycles. The SMILES string of the molecule is COc1ccccc1[C@@H]1[C@H](C=O)[C@H]1[N+](=O)[O-]. The second-order valence-corrected chi connectivity index (χ2v) is 3.76. The van der Waals surface area contributed by atoms with Crippen molar-refractivity contribution in [2.75, 3.05) is 7.11 Å². The lowest BCUT2D eigenvalue weighted by molar-refractivity contribution is -0.498. The van der Waals surface area contributed by atoms with Crippen LogP contribution in [0.25, 0.3) is 0 Å². The fourth-order valence-corrected chi connectivity index (χ4v) is 2.09. The average Bonchev–Trinajstić information content (AvgIpc) is 3.03. The number of nitro groups is 1. The third kappa shape index (κ3) is 1.54. The molecular weight excluding hydrogens is 210 g/mol. The number of ether oxygens (including phenoxy) is 1. The zero-order valence-corrected chi connectivity index (χ0v) is 8.70. The molecule has 3 atom stereocenters. The maximum atomic E-state index is 10.7. The normalized spacial score (nSPS) is 27.2. The summed E-state index contributed by atoms with van der Waals surface area (Å²) in [5, 5.41) is 10.7. The van der Waals surface area contributed by atoms with Crippen molar-refractivity contribution in [3.63, 3.8) is 0 Å². The van der Waals surface area contributed by atoms with E-state index in [-0.39, 0.29) is 5.92 Å². The number of aldehydes is 1. The van der Waals surface area contributed by atoms with E-state index in [1.165, 1.54) is 7.11 Å². The van der Waals surface area contributed by atoms with E-state index >= 15 is 0 Å². The largest absolute Gasteiger partial charge is 0.496 e. The van der Waals surface area contributed by atoms with Crippen molar-refractivity contribution in [1.82, 2.24) is 0 Å². The van der Waals surface area contributed by atoms with Crippen molar-refractivity contribution in [3.05, 3.63) is 39.9 Å². The molecular formula is C11H11NO4. The number of para-hydroxylation sites is 1. The molecule has 0 aliphatic heterocycles. The Balaban J connectivity index is 2.32. The van der Waals surface area contributed by atoms with Gasteiger partial charge in [-0.2, -0.15) is 0 Å². The van der Waals surface area contributed by atoms with Crippen molar-refractivity contribution in [1.29, 1.82) is 0 Å². The summed E-state index contributed by atoms with van der Waals surface area (Å²) >= 11 is 0. The van der Waals surface area contributed by atoms with Crippen molar-refractivity contribution in [2.24, 2.45) is 5.92 Å². The Labute approximate surface area is 92.2 Å². The molecule has 1 aliphatic carbocycles. The van der Waals surface area contributed by atoms with Crippen LogP contribution >= 0.6 is 0 Å². The summed E-state index contributed by atoms with van der Waals surface area (Å²) in [6, 6.07) is 6.29. The van der Waals surface area contributed by atoms with E-state index in [0.717, 1.165) is 5.56 Å². The molecule has 84 valence electrons. The average molecular weight is 221 g/mol. The van der Waals surface area contributed by atoms with E-state index < -0.39 is 16.9 Å². The van der Waals surface area contributed by atoms with Crippen LogP contribution in [0.3, 0.4) is 0 Å². The molecule has 1 aliphatic rings. The highest BCUT2D eigenvalue weighted by molar-refractivity contribution is 5.65. The van der Waals surface area contributed by atoms with Crippen LogP contribution in [0.15, 0.2) is 24.3 Å². The minimum Gasteiger partial charge on any atom is -0.496 e. The maximum Gasteiger partial charge on any atom is 0.231 e. The molecule has 0 heterocycles. The first-order valence-corrected chi connectivity index (χ1v) is 4.92. The van der Waals surface area contributed by atoms with E-state index in [4.69, 9.17) is 4.74 Å². The van der Waals surface area contributed by atoms with Crippen molar-refractivity contribution < 1.29 is 14.5 Å². The highest BCUT2D eigenvalue weighted by Crippen LogP contribution is 2.50. The molecule has 0 amide bonds. The topological polar surface area (TPSA) is 69.4 Å². The molecule has 0 unspecified atom stereocenters. The number of rotatable bonds is 4. The van der Waals surface area contributed by atoms with Crippen molar-refractivity contribution in [3.8, 4) is 5.75 Å². The van der Waals surface area contributed by atoms with Crippen LogP contribution in [0.1, 0.15) is 11.5 Å². The number of hydrogen-bond donors (Lipinski definition) is 0. The van der Waals surface area contributed by atoms with E-state index in [1.54, 1.807) is 24.3 Å². The van der Waals surface area contributed by atoms with Gasteiger partial charge in [-0.1, -0.05) is 18.2 Å². The third-order valence-corrected chi connectivity index (χ3v) is 2.93. The number of benzene rings is 1. The highest BCUT2D eigenvalue weighted by atomic mass is 16.6. The molecule has 2 rings (SSSR count). The molecule has 1 aromatic carbocycles. The predicted octanol–water partition coefficient (Wildman–Crippen LogP) is 1.25. The van der Waals surface area contributed by atoms with Gasteiger partial charge < -0.3 is 9.53 Å². The van der Waals surface area contributed by atoms with Crippen LogP contribution in [-0.2, 0) is 4.79 Å². The minimum atomic E-state index is -0.797. The number of methoxy groups -OCH3 is 1. The van der Waals surface area contributed by atoms with Gasteiger partial charge in [0.25, 0.3) is 0 Å². The Morgan fingerprint density at radius 3 is 2.62 bits per heavy atom. The van der Waals surface area contributed by atoms with E-state index in [2.05, 4.69) is 0 Å². The van der Waals surface area contributed by atoms with Gasteiger partial charge in [-0.05, 0) is 6.07 Å². The quantitative estimate of drug-likeness (QED) is 0.436. The molecule has 0 radical (unpaired) electrons. The van der Waals surface area contributed by atoms with Gasteiger partial charge in [-0.15, -0.1) is 0 Å². The third-order valence-electron chi connectivity index (χ3n) is 2.93. The summed E-state index contributed by atoms with van der Waals surface area (Å²) < 4.78 is 5.13. The van der Waals surface area contributed by atoms with E-state index in [9.17, 15) is 14.9 Å². The van der Waals surface area contributed by atoms with Crippen LogP contribution in [0.2, 0.25) is 0 Å². The smallest absolute Gasteiger partial charge is 0.231 e. The van der Waals surface area contributed by atoms with Gasteiger partial charge in [0.05, 0.1) is 18.9 Å². The van der Waals surface area contributed by atoms with E-state index in [0.29, 0.717) is 12.0 Å². The minimum absolute atomic E-state index is 0.344. The first-order chi connectivity index (χ1) is 7.70. The molecule has 0 aromatic heterocycles. The Kier molecular flexibility index (Phi) is 2.60. The van der Waals surface area contributed by atoms with Crippen LogP contribution in [0.4, 0.5) is 0 Å². The number of nitrogens with zero attached hydrogens (tertiary/aromatic N) is 1. The zero-order chi connectivity index (χ0) is 11.7. The van der Waals surface area contributed by atoms with Crippen LogP contribution in [0, 0.1) is 16.0 Å². The summed E-state index contributed by atoms with van der Waals surface area (Å²) in [5.74, 6) is -0.265. The Morgan fingerprint density at radius 1 is 1.44 bits per heavy atom. The fourth-order valence-electron chi connectivity index (χ4n) is 2.09. The van der Waals surface area contributed by atoms with Gasteiger partial charge in [0, 0.05) is 10.5 Å². The summed E-state index contributed by atoms with van der Waals surface area (Å²) in [6.45, 7) is 0. The molecule has 0 spiro atoms. The molecule has 1 aromatic rings. The molecule has 5 nitrogen and oxygen atoms in total. The maximum absolute atomic E-state index is 10.7. The van der Waals surface area contributed by atoms with Crippen LogP contribution < -0.4 is 4.74 Å². The summed E-state index contributed by atoms with van der Waals surface area (Å²) in [6.07, 6.45) is 0.657. The summed E-state index contributed by atoms with van der Waals surface area (Å²) in [7, 11) is 1.51. The van der Waals surface area contributed by atoms with Crippen molar-refractivity contribution in [2.45, 2.75) is 12.0 Å². The number of carbonyl (C=O) groups is 1. The highest BCUT2D eigenvalue weighted by Gasteiger charge is 2.62. The van der Waals surface area contributed by atoms with Gasteiger partial charge in [-0.3, -0.25) is 10.1 Å². The molecule has 5 heteroatoms. The number of hydrogen-bond acceptors (Lipinski definition) is 4. The summed E-state index contributed by atoms with van der Waals surface area (Å²) in [4.78, 5) is 21.0. The monoisotopic (exact) mass is 221 g/mol. The Hall–Kier alpha value is -1.91. The molecule has 16 heavy (non-hydrogen) atoms. The predicted molar refractivity (Wildman–Crippen MR) is 56.1 cm³/mol. The lowest BCUT2D eigenvalue weighted by Gasteiger charge is -2.05. The van der Waals surface area contributed by atoms with Gasteiger partial charge in [-0.25, -0.2) is 0 Å². The molecule has 0 bridgehead atoms. The molecule has 1 fully saturated rings. The number of carbonyl (C=O) groups excluding carboxylic acids is 1. The first-order valence-electron chi connectivity index (χ1n) is 4.92. The molecule has 1 saturated carbocycles. The van der Waals surface area contributed by atoms with Gasteiger partial charge in [0.1, 0.15) is 12.0 Å². The lowest BCUT2D eigenvalue weighted by atomic mass is 10.1. The standard InChI is InChI=1S/C11H11NO4/c1-16-9-5-3-2-4-7(9)10-8(6-13)11(10)12(14)15/h2-6,8,10-11H,1H3/t8-,10+,11+/m0/s1. The van der Waals surface area contributed by atoms with Crippen molar-refractivity contribution >= 4 is 6.29 Å².